The quantitative estimate of drug-likeness (QED) is 0.128. The van der Waals surface area contributed by atoms with E-state index >= 15 is 0 Å². The molecule has 0 fully saturated rings. The number of aryl methyl sites for hydroxylation is 1. The van der Waals surface area contributed by atoms with Gasteiger partial charge in [-0.1, -0.05) is 23.7 Å². The fraction of sp³-hybridized carbons (Fsp3) is 0.286. The number of anilines is 2. The minimum absolute atomic E-state index is 0.117. The SMILES string of the molecule is CCOC(=O)[C@@H](C)Oc1ccc(Oc2nc3ccc(Cl)cc3o2)cc1.COC(=O)c1cccc(C)c1S(=O)(=O)NC(=O)Nc1nc(OCC(F)(F)F)nc(N(C)C)n1. The van der Waals surface area contributed by atoms with Gasteiger partial charge in [0, 0.05) is 25.2 Å². The van der Waals surface area contributed by atoms with E-state index in [2.05, 4.69) is 29.4 Å². The van der Waals surface area contributed by atoms with Crippen LogP contribution in [0.2, 0.25) is 5.02 Å². The summed E-state index contributed by atoms with van der Waals surface area (Å²) < 4.78 is 95.0. The van der Waals surface area contributed by atoms with Gasteiger partial charge in [0.25, 0.3) is 10.0 Å². The predicted molar refractivity (Wildman–Crippen MR) is 200 cm³/mol. The van der Waals surface area contributed by atoms with Gasteiger partial charge in [-0.25, -0.2) is 27.5 Å². The number of benzene rings is 3. The van der Waals surface area contributed by atoms with Crippen LogP contribution >= 0.6 is 11.6 Å². The monoisotopic (exact) mass is 853 g/mol. The summed E-state index contributed by atoms with van der Waals surface area (Å²) >= 11 is 5.91. The Kier molecular flexibility index (Phi) is 14.6. The van der Waals surface area contributed by atoms with E-state index in [9.17, 15) is 36.0 Å². The van der Waals surface area contributed by atoms with Crippen molar-refractivity contribution in [1.29, 1.82) is 0 Å². The summed E-state index contributed by atoms with van der Waals surface area (Å²) in [7, 11) is -0.604. The second-order valence-corrected chi connectivity index (χ2v) is 13.8. The van der Waals surface area contributed by atoms with Crippen molar-refractivity contribution in [3.05, 3.63) is 76.8 Å². The number of fused-ring (bicyclic) bond motifs is 1. The van der Waals surface area contributed by atoms with E-state index in [1.165, 1.54) is 44.1 Å². The van der Waals surface area contributed by atoms with E-state index in [1.54, 1.807) is 61.0 Å². The zero-order chi connectivity index (χ0) is 42.8. The lowest BCUT2D eigenvalue weighted by Gasteiger charge is -2.15. The zero-order valence-corrected chi connectivity index (χ0v) is 33.0. The molecule has 5 aromatic rings. The third kappa shape index (κ3) is 12.5. The van der Waals surface area contributed by atoms with Gasteiger partial charge in [-0.05, 0) is 68.8 Å². The van der Waals surface area contributed by atoms with Crippen molar-refractivity contribution >= 4 is 62.6 Å². The Bertz CT molecular complexity index is 2360. The van der Waals surface area contributed by atoms with Gasteiger partial charge in [0.1, 0.15) is 21.9 Å². The van der Waals surface area contributed by atoms with Crippen LogP contribution in [0.1, 0.15) is 29.8 Å². The minimum atomic E-state index is -4.67. The molecule has 2 heterocycles. The van der Waals surface area contributed by atoms with Gasteiger partial charge in [-0.15, -0.1) is 0 Å². The molecule has 2 aromatic heterocycles. The van der Waals surface area contributed by atoms with Crippen LogP contribution in [0.5, 0.6) is 23.6 Å². The maximum absolute atomic E-state index is 12.8. The molecule has 0 unspecified atom stereocenters. The lowest BCUT2D eigenvalue weighted by atomic mass is 10.1. The van der Waals surface area contributed by atoms with E-state index in [0.29, 0.717) is 34.2 Å². The van der Waals surface area contributed by atoms with Crippen molar-refractivity contribution in [3.63, 3.8) is 0 Å². The Balaban J connectivity index is 0.000000266. The first-order valence-corrected chi connectivity index (χ1v) is 18.5. The number of halogens is 4. The Hall–Kier alpha value is -6.42. The summed E-state index contributed by atoms with van der Waals surface area (Å²) in [5.41, 5.74) is 1.04. The number of nitrogens with zero attached hydrogens (tertiary/aromatic N) is 5. The second-order valence-electron chi connectivity index (χ2n) is 11.7. The van der Waals surface area contributed by atoms with Crippen LogP contribution < -0.4 is 29.1 Å². The topological polar surface area (TPSA) is 224 Å². The summed E-state index contributed by atoms with van der Waals surface area (Å²) in [5.74, 6) is -1.07. The third-order valence-corrected chi connectivity index (χ3v) is 8.77. The molecule has 0 aliphatic rings. The fourth-order valence-electron chi connectivity index (χ4n) is 4.51. The molecule has 0 aliphatic heterocycles. The number of sulfonamides is 1. The lowest BCUT2D eigenvalue weighted by Crippen LogP contribution is -2.36. The van der Waals surface area contributed by atoms with Crippen LogP contribution in [0, 0.1) is 6.92 Å². The number of methoxy groups -OCH3 is 1. The minimum Gasteiger partial charge on any atom is -0.479 e. The summed E-state index contributed by atoms with van der Waals surface area (Å²) in [6, 6.07) is 13.8. The average Bonchev–Trinajstić information content (AvgIpc) is 3.55. The molecule has 23 heteroatoms. The van der Waals surface area contributed by atoms with Crippen molar-refractivity contribution in [1.82, 2.24) is 24.7 Å². The highest BCUT2D eigenvalue weighted by molar-refractivity contribution is 7.90. The second kappa shape index (κ2) is 19.1. The Labute approximate surface area is 333 Å². The number of hydrogen-bond acceptors (Lipinski definition) is 16. The lowest BCUT2D eigenvalue weighted by molar-refractivity contribution is -0.154. The molecule has 0 aliphatic carbocycles. The number of oxazole rings is 1. The average molecular weight is 854 g/mol. The molecule has 310 valence electrons. The van der Waals surface area contributed by atoms with Crippen LogP contribution in [0.25, 0.3) is 11.1 Å². The maximum Gasteiger partial charge on any atom is 0.422 e. The van der Waals surface area contributed by atoms with E-state index in [0.717, 1.165) is 7.11 Å². The maximum atomic E-state index is 12.8. The molecule has 2 amide bonds. The molecule has 3 aromatic carbocycles. The van der Waals surface area contributed by atoms with Crippen molar-refractivity contribution in [2.45, 2.75) is 37.9 Å². The van der Waals surface area contributed by atoms with Crippen LogP contribution in [0.4, 0.5) is 29.9 Å². The predicted octanol–water partition coefficient (Wildman–Crippen LogP) is 6.09. The highest BCUT2D eigenvalue weighted by atomic mass is 35.5. The number of nitrogens with one attached hydrogen (secondary N) is 2. The molecular formula is C35H35ClF3N7O11S. The summed E-state index contributed by atoms with van der Waals surface area (Å²) in [6.45, 7) is 3.39. The molecule has 1 atom stereocenters. The van der Waals surface area contributed by atoms with E-state index < -0.39 is 63.7 Å². The molecule has 0 saturated heterocycles. The molecule has 58 heavy (non-hydrogen) atoms. The van der Waals surface area contributed by atoms with Crippen molar-refractivity contribution in [3.8, 4) is 23.6 Å². The van der Waals surface area contributed by atoms with Crippen LogP contribution in [0.15, 0.2) is 70.0 Å². The molecule has 0 bridgehead atoms. The molecular weight excluding hydrogens is 819 g/mol. The number of carbonyl (C=O) groups excluding carboxylic acids is 3. The zero-order valence-electron chi connectivity index (χ0n) is 31.4. The van der Waals surface area contributed by atoms with Gasteiger partial charge < -0.3 is 33.0 Å². The first-order chi connectivity index (χ1) is 27.3. The number of urea groups is 1. The largest absolute Gasteiger partial charge is 0.479 e. The van der Waals surface area contributed by atoms with Crippen molar-refractivity contribution in [2.24, 2.45) is 0 Å². The molecule has 18 nitrogen and oxygen atoms in total. The highest BCUT2D eigenvalue weighted by Crippen LogP contribution is 2.29. The first kappa shape index (κ1) is 44.3. The van der Waals surface area contributed by atoms with Crippen molar-refractivity contribution < 1.29 is 64.1 Å². The number of rotatable bonds is 13. The number of alkyl halides is 3. The Morgan fingerprint density at radius 2 is 1.67 bits per heavy atom. The van der Waals surface area contributed by atoms with Crippen LogP contribution in [0.3, 0.4) is 0 Å². The molecule has 2 N–H and O–H groups in total. The van der Waals surface area contributed by atoms with E-state index in [-0.39, 0.29) is 23.2 Å². The number of carbonyl (C=O) groups is 3. The Morgan fingerprint density at radius 1 is 0.983 bits per heavy atom. The van der Waals surface area contributed by atoms with Crippen molar-refractivity contribution in [2.75, 3.05) is 44.6 Å². The van der Waals surface area contributed by atoms with Crippen LogP contribution in [-0.2, 0) is 24.3 Å². The van der Waals surface area contributed by atoms with Gasteiger partial charge in [-0.2, -0.15) is 33.1 Å². The molecule has 0 spiro atoms. The normalized spacial score (nSPS) is 11.7. The van der Waals surface area contributed by atoms with Crippen LogP contribution in [-0.4, -0.2) is 93.0 Å². The third-order valence-electron chi connectivity index (χ3n) is 7.00. The van der Waals surface area contributed by atoms with E-state index in [1.807, 2.05) is 5.32 Å². The number of ether oxygens (including phenoxy) is 5. The molecule has 0 radical (unpaired) electrons. The Morgan fingerprint density at radius 3 is 2.31 bits per heavy atom. The van der Waals surface area contributed by atoms with Gasteiger partial charge in [0.2, 0.25) is 11.9 Å². The standard InChI is InChI=1S/C18H16ClNO5.C17H19F3N6O6S/c1-3-22-17(21)11(2)23-13-5-7-14(8-6-13)24-18-20-15-9-4-12(19)10-16(15)25-18;1-9-6-5-7-10(12(27)31-4)11(9)33(29,30)25-15(28)22-13-21-14(26(2)3)24-16(23-13)32-8-17(18,19)20/h4-11H,3H2,1-2H3;5-7H,8H2,1-4H3,(H2,21,22,23,24,25,28)/t11-;/m1./s1. The number of hydrogen-bond donors (Lipinski definition) is 2. The van der Waals surface area contributed by atoms with Gasteiger partial charge >= 0.3 is 36.2 Å². The van der Waals surface area contributed by atoms with E-state index in [4.69, 9.17) is 30.2 Å². The van der Waals surface area contributed by atoms with Gasteiger partial charge in [-0.3, -0.25) is 5.32 Å². The number of amides is 2. The number of aromatic nitrogens is 4. The van der Waals surface area contributed by atoms with Gasteiger partial charge in [0.15, 0.2) is 18.3 Å². The fourth-order valence-corrected chi connectivity index (χ4v) is 6.00. The highest BCUT2D eigenvalue weighted by Gasteiger charge is 2.30. The first-order valence-electron chi connectivity index (χ1n) is 16.6. The summed E-state index contributed by atoms with van der Waals surface area (Å²) in [5, 5.41) is 2.55. The summed E-state index contributed by atoms with van der Waals surface area (Å²) in [4.78, 5) is 51.8. The molecule has 5 rings (SSSR count). The summed E-state index contributed by atoms with van der Waals surface area (Å²) in [6.07, 6.45) is -5.24. The smallest absolute Gasteiger partial charge is 0.422 e. The number of esters is 2. The molecule has 0 saturated carbocycles. The van der Waals surface area contributed by atoms with Gasteiger partial charge in [0.05, 0.1) is 19.3 Å².